The Labute approximate surface area is 89.6 Å². The lowest BCUT2D eigenvalue weighted by Gasteiger charge is -2.19. The Morgan fingerprint density at radius 2 is 1.80 bits per heavy atom. The molecule has 0 spiro atoms. The molecule has 0 aromatic heterocycles. The Morgan fingerprint density at radius 3 is 2.27 bits per heavy atom. The number of sulfonamides is 1. The number of rotatable bonds is 4. The van der Waals surface area contributed by atoms with Crippen molar-refractivity contribution >= 4 is 16.3 Å². The average molecular weight is 227 g/mol. The van der Waals surface area contributed by atoms with Gasteiger partial charge in [0.1, 0.15) is 6.29 Å². The summed E-state index contributed by atoms with van der Waals surface area (Å²) in [6.45, 7) is 1.54. The number of benzene rings is 1. The van der Waals surface area contributed by atoms with Gasteiger partial charge in [0.25, 0.3) is 0 Å². The van der Waals surface area contributed by atoms with Gasteiger partial charge < -0.3 is 4.79 Å². The Bertz CT molecular complexity index is 427. The Balaban J connectivity index is 3.09. The van der Waals surface area contributed by atoms with Crippen LogP contribution in [0.1, 0.15) is 6.92 Å². The van der Waals surface area contributed by atoms with E-state index >= 15 is 0 Å². The summed E-state index contributed by atoms with van der Waals surface area (Å²) in [7, 11) is -2.16. The average Bonchev–Trinajstić information content (AvgIpc) is 2.28. The zero-order chi connectivity index (χ0) is 11.5. The topological polar surface area (TPSA) is 54.5 Å². The molecule has 0 aliphatic rings. The zero-order valence-electron chi connectivity index (χ0n) is 8.62. The molecule has 0 saturated heterocycles. The fourth-order valence-electron chi connectivity index (χ4n) is 1.06. The molecule has 0 amide bonds. The van der Waals surface area contributed by atoms with Crippen molar-refractivity contribution in [2.75, 3.05) is 7.05 Å². The molecule has 0 fully saturated rings. The van der Waals surface area contributed by atoms with E-state index in [0.717, 1.165) is 4.31 Å². The van der Waals surface area contributed by atoms with Gasteiger partial charge in [0.2, 0.25) is 10.0 Å². The highest BCUT2D eigenvalue weighted by Crippen LogP contribution is 2.14. The van der Waals surface area contributed by atoms with Crippen molar-refractivity contribution in [1.29, 1.82) is 0 Å². The van der Waals surface area contributed by atoms with Crippen molar-refractivity contribution in [3.05, 3.63) is 30.3 Å². The summed E-state index contributed by atoms with van der Waals surface area (Å²) in [5.41, 5.74) is 0. The number of hydrogen-bond acceptors (Lipinski definition) is 3. The van der Waals surface area contributed by atoms with Crippen LogP contribution in [0.2, 0.25) is 0 Å². The van der Waals surface area contributed by atoms with E-state index in [-0.39, 0.29) is 4.90 Å². The first-order valence-electron chi connectivity index (χ1n) is 4.48. The van der Waals surface area contributed by atoms with E-state index < -0.39 is 16.1 Å². The van der Waals surface area contributed by atoms with Crippen LogP contribution in [0.25, 0.3) is 0 Å². The molecule has 82 valence electrons. The van der Waals surface area contributed by atoms with Crippen molar-refractivity contribution in [2.24, 2.45) is 0 Å². The van der Waals surface area contributed by atoms with E-state index in [1.54, 1.807) is 18.2 Å². The van der Waals surface area contributed by atoms with Gasteiger partial charge in [0.15, 0.2) is 0 Å². The molecule has 0 saturated carbocycles. The van der Waals surface area contributed by atoms with Crippen molar-refractivity contribution in [2.45, 2.75) is 17.9 Å². The molecule has 1 atom stereocenters. The molecule has 0 radical (unpaired) electrons. The summed E-state index contributed by atoms with van der Waals surface area (Å²) in [6.07, 6.45) is 0.598. The van der Waals surface area contributed by atoms with Crippen molar-refractivity contribution < 1.29 is 13.2 Å². The maximum atomic E-state index is 11.9. The molecule has 5 heteroatoms. The molecule has 0 N–H and O–H groups in total. The minimum atomic E-state index is -3.55. The number of hydrogen-bond donors (Lipinski definition) is 0. The van der Waals surface area contributed by atoms with E-state index in [1.807, 2.05) is 0 Å². The molecule has 1 rings (SSSR count). The molecule has 0 bridgehead atoms. The van der Waals surface area contributed by atoms with Crippen molar-refractivity contribution in [3.63, 3.8) is 0 Å². The summed E-state index contributed by atoms with van der Waals surface area (Å²) in [5, 5.41) is 0. The van der Waals surface area contributed by atoms with Gasteiger partial charge in [-0.25, -0.2) is 8.42 Å². The summed E-state index contributed by atoms with van der Waals surface area (Å²) < 4.78 is 24.8. The number of carbonyl (C=O) groups is 1. The SMILES string of the molecule is CC(C=O)N(C)S(=O)(=O)c1ccccc1. The van der Waals surface area contributed by atoms with Crippen LogP contribution >= 0.6 is 0 Å². The predicted molar refractivity (Wildman–Crippen MR) is 56.9 cm³/mol. The van der Waals surface area contributed by atoms with Gasteiger partial charge in [-0.15, -0.1) is 0 Å². The maximum Gasteiger partial charge on any atom is 0.243 e. The van der Waals surface area contributed by atoms with Crippen molar-refractivity contribution in [1.82, 2.24) is 4.31 Å². The maximum absolute atomic E-state index is 11.9. The largest absolute Gasteiger partial charge is 0.302 e. The third-order valence-electron chi connectivity index (χ3n) is 2.19. The van der Waals surface area contributed by atoms with Crippen molar-refractivity contribution in [3.8, 4) is 0 Å². The van der Waals surface area contributed by atoms with Crippen LogP contribution in [-0.4, -0.2) is 32.1 Å². The van der Waals surface area contributed by atoms with Crippen LogP contribution in [0, 0.1) is 0 Å². The molecule has 4 nitrogen and oxygen atoms in total. The molecule has 1 aromatic rings. The van der Waals surface area contributed by atoms with Crippen LogP contribution in [-0.2, 0) is 14.8 Å². The first kappa shape index (κ1) is 11.9. The summed E-state index contributed by atoms with van der Waals surface area (Å²) in [5.74, 6) is 0. The van der Waals surface area contributed by atoms with E-state index in [1.165, 1.54) is 26.1 Å². The predicted octanol–water partition coefficient (Wildman–Crippen LogP) is 0.894. The highest BCUT2D eigenvalue weighted by Gasteiger charge is 2.24. The van der Waals surface area contributed by atoms with E-state index in [2.05, 4.69) is 0 Å². The van der Waals surface area contributed by atoms with Gasteiger partial charge in [0.05, 0.1) is 10.9 Å². The Hall–Kier alpha value is -1.20. The summed E-state index contributed by atoms with van der Waals surface area (Å²) >= 11 is 0. The minimum Gasteiger partial charge on any atom is -0.302 e. The molecule has 0 aliphatic carbocycles. The number of likely N-dealkylation sites (N-methyl/N-ethyl adjacent to an activating group) is 1. The second-order valence-corrected chi connectivity index (χ2v) is 5.21. The second-order valence-electron chi connectivity index (χ2n) is 3.21. The van der Waals surface area contributed by atoms with Gasteiger partial charge >= 0.3 is 0 Å². The third kappa shape index (κ3) is 2.43. The second kappa shape index (κ2) is 4.55. The van der Waals surface area contributed by atoms with Gasteiger partial charge in [0, 0.05) is 7.05 Å². The monoisotopic (exact) mass is 227 g/mol. The number of carbonyl (C=O) groups excluding carboxylic acids is 1. The zero-order valence-corrected chi connectivity index (χ0v) is 9.44. The third-order valence-corrected chi connectivity index (χ3v) is 4.15. The molecule has 15 heavy (non-hydrogen) atoms. The van der Waals surface area contributed by atoms with Crippen LogP contribution in [0.4, 0.5) is 0 Å². The van der Waals surface area contributed by atoms with Crippen LogP contribution in [0.3, 0.4) is 0 Å². The highest BCUT2D eigenvalue weighted by molar-refractivity contribution is 7.89. The molecule has 0 aliphatic heterocycles. The first-order valence-corrected chi connectivity index (χ1v) is 5.92. The van der Waals surface area contributed by atoms with E-state index in [9.17, 15) is 13.2 Å². The van der Waals surface area contributed by atoms with Gasteiger partial charge in [-0.1, -0.05) is 18.2 Å². The minimum absolute atomic E-state index is 0.196. The normalized spacial score (nSPS) is 13.8. The standard InChI is InChI=1S/C10H13NO3S/c1-9(8-12)11(2)15(13,14)10-6-4-3-5-7-10/h3-9H,1-2H3. The number of nitrogens with zero attached hydrogens (tertiary/aromatic N) is 1. The van der Waals surface area contributed by atoms with Crippen LogP contribution in [0.5, 0.6) is 0 Å². The Kier molecular flexibility index (Phi) is 3.60. The molecule has 1 aromatic carbocycles. The lowest BCUT2D eigenvalue weighted by atomic mass is 10.4. The Morgan fingerprint density at radius 1 is 1.27 bits per heavy atom. The quantitative estimate of drug-likeness (QED) is 0.718. The van der Waals surface area contributed by atoms with Crippen LogP contribution in [0.15, 0.2) is 35.2 Å². The molecule has 1 unspecified atom stereocenters. The summed E-state index contributed by atoms with van der Waals surface area (Å²) in [4.78, 5) is 10.7. The van der Waals surface area contributed by atoms with E-state index in [4.69, 9.17) is 0 Å². The molecule has 0 heterocycles. The smallest absolute Gasteiger partial charge is 0.243 e. The highest BCUT2D eigenvalue weighted by atomic mass is 32.2. The first-order chi connectivity index (χ1) is 7.00. The van der Waals surface area contributed by atoms with Gasteiger partial charge in [-0.05, 0) is 19.1 Å². The van der Waals surface area contributed by atoms with E-state index in [0.29, 0.717) is 6.29 Å². The van der Waals surface area contributed by atoms with Gasteiger partial charge in [-0.3, -0.25) is 0 Å². The summed E-state index contributed by atoms with van der Waals surface area (Å²) in [6, 6.07) is 7.38. The fourth-order valence-corrected chi connectivity index (χ4v) is 2.38. The lowest BCUT2D eigenvalue weighted by Crippen LogP contribution is -2.35. The van der Waals surface area contributed by atoms with Crippen LogP contribution < -0.4 is 0 Å². The number of aldehydes is 1. The van der Waals surface area contributed by atoms with Gasteiger partial charge in [-0.2, -0.15) is 4.31 Å². The lowest BCUT2D eigenvalue weighted by molar-refractivity contribution is -0.110. The molecular weight excluding hydrogens is 214 g/mol. The molecular formula is C10H13NO3S. The fraction of sp³-hybridized carbons (Fsp3) is 0.300.